The molecule has 1 aromatic rings. The van der Waals surface area contributed by atoms with E-state index in [0.717, 1.165) is 0 Å². The maximum Gasteiger partial charge on any atom is 0.254 e. The summed E-state index contributed by atoms with van der Waals surface area (Å²) in [5, 5.41) is 3.22. The van der Waals surface area contributed by atoms with Gasteiger partial charge in [0.2, 0.25) is 11.8 Å². The van der Waals surface area contributed by atoms with Gasteiger partial charge >= 0.3 is 0 Å². The van der Waals surface area contributed by atoms with Crippen LogP contribution >= 0.6 is 11.6 Å². The molecule has 0 radical (unpaired) electrons. The van der Waals surface area contributed by atoms with Crippen LogP contribution in [0.3, 0.4) is 0 Å². The lowest BCUT2D eigenvalue weighted by atomic mass is 10.1. The highest BCUT2D eigenvalue weighted by atomic mass is 35.5. The summed E-state index contributed by atoms with van der Waals surface area (Å²) in [6.45, 7) is 1.94. The molecule has 1 atom stereocenters. The molecule has 122 valence electrons. The third-order valence-electron chi connectivity index (χ3n) is 4.24. The fraction of sp³-hybridized carbons (Fsp3) is 0.438. The summed E-state index contributed by atoms with van der Waals surface area (Å²) in [5.74, 6) is -0.197. The molecule has 1 N–H and O–H groups in total. The van der Waals surface area contributed by atoms with E-state index in [1.165, 1.54) is 0 Å². The van der Waals surface area contributed by atoms with E-state index in [1.807, 2.05) is 0 Å². The summed E-state index contributed by atoms with van der Waals surface area (Å²) in [6.07, 6.45) is 0.961. The predicted molar refractivity (Wildman–Crippen MR) is 85.1 cm³/mol. The predicted octanol–water partition coefficient (Wildman–Crippen LogP) is 0.903. The van der Waals surface area contributed by atoms with Gasteiger partial charge in [-0.05, 0) is 24.6 Å². The number of rotatable bonds is 2. The van der Waals surface area contributed by atoms with Crippen LogP contribution in [0.1, 0.15) is 23.2 Å². The first-order valence-electron chi connectivity index (χ1n) is 7.67. The topological polar surface area (TPSA) is 69.7 Å². The fourth-order valence-corrected chi connectivity index (χ4v) is 3.14. The molecule has 23 heavy (non-hydrogen) atoms. The second-order valence-electron chi connectivity index (χ2n) is 5.79. The van der Waals surface area contributed by atoms with E-state index in [-0.39, 0.29) is 17.7 Å². The third-order valence-corrected chi connectivity index (χ3v) is 4.48. The molecule has 3 amide bonds. The zero-order valence-corrected chi connectivity index (χ0v) is 13.4. The third kappa shape index (κ3) is 3.47. The highest BCUT2D eigenvalue weighted by Gasteiger charge is 2.33. The van der Waals surface area contributed by atoms with Crippen molar-refractivity contribution in [1.29, 1.82) is 0 Å². The molecule has 0 bridgehead atoms. The number of carbonyl (C=O) groups excluding carboxylic acids is 3. The van der Waals surface area contributed by atoms with Gasteiger partial charge in [0.15, 0.2) is 0 Å². The molecule has 3 rings (SSSR count). The van der Waals surface area contributed by atoms with E-state index in [1.54, 1.807) is 34.1 Å². The lowest BCUT2D eigenvalue weighted by molar-refractivity contribution is -0.135. The fourth-order valence-electron chi connectivity index (χ4n) is 2.95. The van der Waals surface area contributed by atoms with Gasteiger partial charge < -0.3 is 15.1 Å². The first-order valence-corrected chi connectivity index (χ1v) is 8.05. The SMILES string of the molecule is O=C1CC[C@H](C(=O)N2CCN(C(=O)c3cccc(Cl)c3)CC2)N1. The molecule has 2 saturated heterocycles. The normalized spacial score (nSPS) is 21.3. The van der Waals surface area contributed by atoms with E-state index in [9.17, 15) is 14.4 Å². The molecule has 2 heterocycles. The largest absolute Gasteiger partial charge is 0.344 e. The number of nitrogens with zero attached hydrogens (tertiary/aromatic N) is 2. The summed E-state index contributed by atoms with van der Waals surface area (Å²) in [5.41, 5.74) is 0.556. The second-order valence-corrected chi connectivity index (χ2v) is 6.22. The Labute approximate surface area is 139 Å². The number of halogens is 1. The van der Waals surface area contributed by atoms with Crippen LogP contribution in [0.4, 0.5) is 0 Å². The summed E-state index contributed by atoms with van der Waals surface area (Å²) < 4.78 is 0. The van der Waals surface area contributed by atoms with Crippen molar-refractivity contribution in [1.82, 2.24) is 15.1 Å². The van der Waals surface area contributed by atoms with Crippen molar-refractivity contribution in [3.8, 4) is 0 Å². The molecule has 1 aromatic carbocycles. The van der Waals surface area contributed by atoms with Crippen LogP contribution in [-0.2, 0) is 9.59 Å². The highest BCUT2D eigenvalue weighted by Crippen LogP contribution is 2.16. The zero-order valence-electron chi connectivity index (χ0n) is 12.6. The minimum Gasteiger partial charge on any atom is -0.344 e. The number of carbonyl (C=O) groups is 3. The monoisotopic (exact) mass is 335 g/mol. The van der Waals surface area contributed by atoms with Crippen molar-refractivity contribution >= 4 is 29.3 Å². The van der Waals surface area contributed by atoms with E-state index >= 15 is 0 Å². The molecule has 0 aromatic heterocycles. The van der Waals surface area contributed by atoms with Gasteiger partial charge in [0.1, 0.15) is 6.04 Å². The molecule has 7 heteroatoms. The van der Waals surface area contributed by atoms with Gasteiger partial charge in [0.05, 0.1) is 0 Å². The Balaban J connectivity index is 1.57. The molecule has 2 aliphatic rings. The van der Waals surface area contributed by atoms with Gasteiger partial charge in [-0.3, -0.25) is 14.4 Å². The summed E-state index contributed by atoms with van der Waals surface area (Å²) in [7, 11) is 0. The number of piperazine rings is 1. The van der Waals surface area contributed by atoms with Crippen LogP contribution in [-0.4, -0.2) is 59.7 Å². The highest BCUT2D eigenvalue weighted by molar-refractivity contribution is 6.30. The minimum absolute atomic E-state index is 0.0503. The quantitative estimate of drug-likeness (QED) is 0.873. The van der Waals surface area contributed by atoms with Crippen molar-refractivity contribution in [3.63, 3.8) is 0 Å². The summed E-state index contributed by atoms with van der Waals surface area (Å²) >= 11 is 5.92. The Hall–Kier alpha value is -2.08. The van der Waals surface area contributed by atoms with Crippen molar-refractivity contribution < 1.29 is 14.4 Å². The van der Waals surface area contributed by atoms with Gasteiger partial charge in [0, 0.05) is 43.2 Å². The van der Waals surface area contributed by atoms with E-state index in [0.29, 0.717) is 49.6 Å². The van der Waals surface area contributed by atoms with Crippen LogP contribution in [0.25, 0.3) is 0 Å². The number of hydrogen-bond acceptors (Lipinski definition) is 3. The van der Waals surface area contributed by atoms with Gasteiger partial charge in [-0.25, -0.2) is 0 Å². The van der Waals surface area contributed by atoms with Crippen molar-refractivity contribution in [2.75, 3.05) is 26.2 Å². The second kappa shape index (κ2) is 6.58. The van der Waals surface area contributed by atoms with E-state index in [4.69, 9.17) is 11.6 Å². The smallest absolute Gasteiger partial charge is 0.254 e. The Morgan fingerprint density at radius 2 is 1.83 bits per heavy atom. The van der Waals surface area contributed by atoms with Crippen molar-refractivity contribution in [2.45, 2.75) is 18.9 Å². The van der Waals surface area contributed by atoms with Gasteiger partial charge in [-0.15, -0.1) is 0 Å². The first kappa shape index (κ1) is 15.8. The molecule has 0 saturated carbocycles. The lowest BCUT2D eigenvalue weighted by Gasteiger charge is -2.36. The van der Waals surface area contributed by atoms with Crippen LogP contribution in [0.2, 0.25) is 5.02 Å². The molecule has 0 unspecified atom stereocenters. The van der Waals surface area contributed by atoms with Crippen molar-refractivity contribution in [3.05, 3.63) is 34.9 Å². The number of benzene rings is 1. The Morgan fingerprint density at radius 1 is 1.13 bits per heavy atom. The van der Waals surface area contributed by atoms with Crippen molar-refractivity contribution in [2.24, 2.45) is 0 Å². The van der Waals surface area contributed by atoms with E-state index < -0.39 is 6.04 Å². The molecule has 2 fully saturated rings. The van der Waals surface area contributed by atoms with Crippen LogP contribution in [0.15, 0.2) is 24.3 Å². The number of nitrogens with one attached hydrogen (secondary N) is 1. The average molecular weight is 336 g/mol. The molecular formula is C16H18ClN3O3. The number of hydrogen-bond donors (Lipinski definition) is 1. The lowest BCUT2D eigenvalue weighted by Crippen LogP contribution is -2.54. The molecule has 2 aliphatic heterocycles. The minimum atomic E-state index is -0.405. The maximum absolute atomic E-state index is 12.4. The maximum atomic E-state index is 12.4. The first-order chi connectivity index (χ1) is 11.0. The van der Waals surface area contributed by atoms with Gasteiger partial charge in [0.25, 0.3) is 5.91 Å². The number of amides is 3. The zero-order chi connectivity index (χ0) is 16.4. The Kier molecular flexibility index (Phi) is 4.52. The molecule has 0 spiro atoms. The molecule has 0 aliphatic carbocycles. The summed E-state index contributed by atoms with van der Waals surface area (Å²) in [6, 6.07) is 6.45. The van der Waals surface area contributed by atoms with Crippen LogP contribution in [0.5, 0.6) is 0 Å². The molecule has 6 nitrogen and oxygen atoms in total. The van der Waals surface area contributed by atoms with Crippen LogP contribution in [0, 0.1) is 0 Å². The van der Waals surface area contributed by atoms with Gasteiger partial charge in [-0.2, -0.15) is 0 Å². The summed E-state index contributed by atoms with van der Waals surface area (Å²) in [4.78, 5) is 39.4. The molecular weight excluding hydrogens is 318 g/mol. The van der Waals surface area contributed by atoms with Gasteiger partial charge in [-0.1, -0.05) is 17.7 Å². The van der Waals surface area contributed by atoms with E-state index in [2.05, 4.69) is 5.32 Å². The standard InChI is InChI=1S/C16H18ClN3O3/c17-12-3-1-2-11(10-12)15(22)19-6-8-20(9-7-19)16(23)13-4-5-14(21)18-13/h1-3,10,13H,4-9H2,(H,18,21)/t13-/m1/s1. The Morgan fingerprint density at radius 3 is 2.43 bits per heavy atom. The Bertz CT molecular complexity index is 641. The average Bonchev–Trinajstić information content (AvgIpc) is 3.00. The van der Waals surface area contributed by atoms with Crippen LogP contribution < -0.4 is 5.32 Å².